The number of likely N-dealkylation sites (N-methyl/N-ethyl adjacent to an activating group) is 4. The normalized spacial score (nSPS) is 23.2. The number of carbonyl (C=O) groups is 16. The van der Waals surface area contributed by atoms with Gasteiger partial charge >= 0.3 is 5.97 Å². The highest BCUT2D eigenvalue weighted by molar-refractivity contribution is 8.00. The maximum atomic E-state index is 15.8. The summed E-state index contributed by atoms with van der Waals surface area (Å²) in [5.74, 6) is -17.9. The van der Waals surface area contributed by atoms with E-state index in [1.54, 1.807) is 149 Å². The summed E-state index contributed by atoms with van der Waals surface area (Å²) in [6.07, 6.45) is -1.99. The van der Waals surface area contributed by atoms with Crippen LogP contribution < -0.4 is 53.6 Å². The molecule has 132 heavy (non-hydrogen) atoms. The summed E-state index contributed by atoms with van der Waals surface area (Å²) >= 11 is 0.822. The number of benzene rings is 6. The summed E-state index contributed by atoms with van der Waals surface area (Å²) in [5.41, 5.74) is 8.98. The fourth-order valence-electron chi connectivity index (χ4n) is 15.9. The maximum Gasteiger partial charge on any atom is 0.305 e. The van der Waals surface area contributed by atoms with Gasteiger partial charge in [0.05, 0.1) is 31.4 Å². The van der Waals surface area contributed by atoms with Crippen LogP contribution in [-0.4, -0.2) is 282 Å². The fraction of sp³-hybridized carbons (Fsp3) is 0.432. The summed E-state index contributed by atoms with van der Waals surface area (Å²) in [7, 11) is 5.25. The number of thioether (sulfide) groups is 1. The van der Waals surface area contributed by atoms with Gasteiger partial charge in [-0.15, -0.1) is 11.8 Å². The summed E-state index contributed by atoms with van der Waals surface area (Å²) in [5, 5.41) is 67.5. The number of fused-ring (bicyclic) bond motifs is 2. The molecule has 9 rings (SSSR count). The second-order valence-corrected chi connectivity index (χ2v) is 35.2. The number of hydrogen-bond donors (Lipinski definition) is 15. The number of carbonyl (C=O) groups excluding carboxylic acids is 15. The third-order valence-corrected chi connectivity index (χ3v) is 24.2. The number of primary amides is 1. The number of amides is 15. The van der Waals surface area contributed by atoms with Crippen molar-refractivity contribution in [1.82, 2.24) is 77.3 Å². The number of rotatable bonds is 23. The summed E-state index contributed by atoms with van der Waals surface area (Å²) in [6.45, 7) is 6.40. The standard InChI is InChI=1S/C95H120N16O20S/c1-10-11-31-75-93(129)107(6)52-80(116)99-71(48-82(118)119)88(124)106-83(56(4)5)95(131)109(8)76(44-58-25-17-13-18-26-58)89(125)104-73(43-61-34-38-64(113)39-35-61)92(128)111-51-65(114)47-77(111)90(126)103-70(46-62-49-97-67-30-22-21-29-66(62)67)87(123)102-69(41-60-32-36-63(112)37-33-60)86(122)101-68(40-55(2)3)85(121)105-74(84(120)98-50-79(96)115)53-132-54-81(117)100-72(42-57-23-15-12-16-24-57)91(127)110(9)78(94(130)108(75)7)45-59-27-19-14-20-28-59/h12-30,32-39,49,55-56,65,68-78,83,97,112-114H,10-11,31,40-48,50-54H2,1-9H3,(H2,96,115)(H,98,120)(H,99,116)(H,100,117)(H,101,122)(H,102,123)(H,103,126)(H,104,125)(H,105,121)(H,106,124)(H,118,119)/t65-,68-,69-,70-,71-,72-,73-,74-,75-,76-,77+,78?,83-/m0/s1. The van der Waals surface area contributed by atoms with Crippen LogP contribution in [0.5, 0.6) is 11.5 Å². The van der Waals surface area contributed by atoms with Crippen molar-refractivity contribution >= 4 is 117 Å². The zero-order chi connectivity index (χ0) is 96.2. The highest BCUT2D eigenvalue weighted by Crippen LogP contribution is 2.27. The number of aromatic hydroxyl groups is 2. The van der Waals surface area contributed by atoms with Gasteiger partial charge in [-0.1, -0.05) is 181 Å². The molecule has 15 amide bonds. The molecular formula is C95H120N16O20S. The van der Waals surface area contributed by atoms with Crippen molar-refractivity contribution in [3.05, 3.63) is 203 Å². The number of aliphatic hydroxyl groups excluding tert-OH is 1. The Labute approximate surface area is 769 Å². The molecule has 0 aliphatic carbocycles. The average molecular weight is 1840 g/mol. The molecule has 2 aliphatic heterocycles. The molecule has 706 valence electrons. The molecule has 3 heterocycles. The number of H-pyrrole nitrogens is 1. The number of carboxylic acids is 1. The Kier molecular flexibility index (Phi) is 37.7. The van der Waals surface area contributed by atoms with E-state index in [1.807, 2.05) is 6.92 Å². The molecule has 1 aromatic heterocycles. The molecule has 13 atom stereocenters. The minimum atomic E-state index is -1.92. The van der Waals surface area contributed by atoms with Crippen molar-refractivity contribution < 1.29 is 97.1 Å². The lowest BCUT2D eigenvalue weighted by Gasteiger charge is -2.37. The van der Waals surface area contributed by atoms with Crippen LogP contribution in [0.3, 0.4) is 0 Å². The number of aliphatic hydroxyl groups is 1. The van der Waals surface area contributed by atoms with Crippen LogP contribution in [-0.2, 0) is 115 Å². The summed E-state index contributed by atoms with van der Waals surface area (Å²) < 4.78 is 0. The van der Waals surface area contributed by atoms with E-state index in [0.29, 0.717) is 57.1 Å². The van der Waals surface area contributed by atoms with Crippen LogP contribution in [0.25, 0.3) is 10.9 Å². The predicted molar refractivity (Wildman–Crippen MR) is 491 cm³/mol. The molecular weight excluding hydrogens is 1720 g/mol. The van der Waals surface area contributed by atoms with Crippen LogP contribution >= 0.6 is 11.8 Å². The van der Waals surface area contributed by atoms with E-state index in [2.05, 4.69) is 52.8 Å². The van der Waals surface area contributed by atoms with E-state index in [1.165, 1.54) is 86.5 Å². The van der Waals surface area contributed by atoms with Crippen LogP contribution in [0.15, 0.2) is 170 Å². The fourth-order valence-corrected chi connectivity index (χ4v) is 16.8. The van der Waals surface area contributed by atoms with E-state index >= 15 is 47.9 Å². The van der Waals surface area contributed by atoms with Gasteiger partial charge in [0.15, 0.2) is 0 Å². The molecule has 2 saturated heterocycles. The van der Waals surface area contributed by atoms with Crippen LogP contribution in [0, 0.1) is 11.8 Å². The molecule has 2 fully saturated rings. The van der Waals surface area contributed by atoms with E-state index < -0.39 is 223 Å². The largest absolute Gasteiger partial charge is 0.508 e. The number of aromatic nitrogens is 1. The van der Waals surface area contributed by atoms with Gasteiger partial charge in [-0.05, 0) is 88.4 Å². The van der Waals surface area contributed by atoms with Crippen LogP contribution in [0.4, 0.5) is 0 Å². The minimum absolute atomic E-state index is 0.0227. The number of phenols is 2. The number of para-hydroxylation sites is 1. The second-order valence-electron chi connectivity index (χ2n) is 34.2. The number of phenolic OH excluding ortho intramolecular Hbond substituents is 2. The third-order valence-electron chi connectivity index (χ3n) is 23.2. The number of nitrogens with zero attached hydrogens (tertiary/aromatic N) is 5. The number of aromatic amines is 1. The number of nitrogens with two attached hydrogens (primary N) is 1. The Balaban J connectivity index is 1.13. The molecule has 37 heteroatoms. The first kappa shape index (κ1) is 102. The van der Waals surface area contributed by atoms with E-state index in [4.69, 9.17) is 5.73 Å². The minimum Gasteiger partial charge on any atom is -0.508 e. The average Bonchev–Trinajstić information content (AvgIpc) is 1.57. The zero-order valence-corrected chi connectivity index (χ0v) is 76.2. The molecule has 0 radical (unpaired) electrons. The molecule has 0 bridgehead atoms. The Bertz CT molecular complexity index is 5210. The highest BCUT2D eigenvalue weighted by Gasteiger charge is 2.46. The lowest BCUT2D eigenvalue weighted by molar-refractivity contribution is -0.151. The molecule has 16 N–H and O–H groups in total. The monoisotopic (exact) mass is 1840 g/mol. The van der Waals surface area contributed by atoms with Crippen molar-refractivity contribution in [2.75, 3.05) is 59.3 Å². The third kappa shape index (κ3) is 29.4. The molecule has 6 aromatic carbocycles. The lowest BCUT2D eigenvalue weighted by atomic mass is 9.98. The summed E-state index contributed by atoms with van der Waals surface area (Å²) in [4.78, 5) is 246. The van der Waals surface area contributed by atoms with Crippen molar-refractivity contribution in [2.24, 2.45) is 17.6 Å². The lowest BCUT2D eigenvalue weighted by Crippen LogP contribution is -2.62. The zero-order valence-electron chi connectivity index (χ0n) is 75.4. The quantitative estimate of drug-likeness (QED) is 0.0434. The summed E-state index contributed by atoms with van der Waals surface area (Å²) in [6, 6.07) is 25.0. The van der Waals surface area contributed by atoms with Gasteiger partial charge in [0, 0.05) is 103 Å². The van der Waals surface area contributed by atoms with Gasteiger partial charge in [-0.2, -0.15) is 0 Å². The Morgan fingerprint density at radius 3 is 1.53 bits per heavy atom. The molecule has 2 aliphatic rings. The van der Waals surface area contributed by atoms with Gasteiger partial charge in [-0.3, -0.25) is 76.7 Å². The first-order valence-corrected chi connectivity index (χ1v) is 45.0. The predicted octanol–water partition coefficient (Wildman–Crippen LogP) is 1.83. The van der Waals surface area contributed by atoms with E-state index in [9.17, 15) is 49.2 Å². The van der Waals surface area contributed by atoms with E-state index in [-0.39, 0.29) is 68.8 Å². The molecule has 1 unspecified atom stereocenters. The number of carboxylic acid groups (broad SMARTS) is 1. The van der Waals surface area contributed by atoms with E-state index in [0.717, 1.165) is 26.5 Å². The first-order chi connectivity index (χ1) is 62.9. The van der Waals surface area contributed by atoms with Crippen LogP contribution in [0.1, 0.15) is 107 Å². The molecule has 0 spiro atoms. The number of hydrogen-bond acceptors (Lipinski definition) is 20. The van der Waals surface area contributed by atoms with Crippen molar-refractivity contribution in [3.63, 3.8) is 0 Å². The van der Waals surface area contributed by atoms with Crippen molar-refractivity contribution in [2.45, 2.75) is 190 Å². The Hall–Kier alpha value is -13.7. The van der Waals surface area contributed by atoms with Gasteiger partial charge in [0.2, 0.25) is 88.6 Å². The number of aliphatic carboxylic acids is 1. The van der Waals surface area contributed by atoms with Gasteiger partial charge in [-0.25, -0.2) is 0 Å². The second kappa shape index (κ2) is 48.8. The highest BCUT2D eigenvalue weighted by atomic mass is 32.2. The van der Waals surface area contributed by atoms with Crippen LogP contribution in [0.2, 0.25) is 0 Å². The molecule has 0 saturated carbocycles. The number of unbranched alkanes of at least 4 members (excludes halogenated alkanes) is 1. The van der Waals surface area contributed by atoms with Gasteiger partial charge < -0.3 is 103 Å². The Morgan fingerprint density at radius 1 is 0.492 bits per heavy atom. The van der Waals surface area contributed by atoms with Gasteiger partial charge in [0.25, 0.3) is 0 Å². The Morgan fingerprint density at radius 2 is 0.970 bits per heavy atom. The topological polar surface area (TPSA) is 520 Å². The number of nitrogens with one attached hydrogen (secondary N) is 10. The van der Waals surface area contributed by atoms with Gasteiger partial charge in [0.1, 0.15) is 84.0 Å². The SMILES string of the molecule is CCCC[C@H]1C(=O)N(C)CC(=O)N[C@@H](CC(=O)O)C(=O)N[C@@H](C(C)C)C(=O)N(C)[C@@H](Cc2ccccc2)C(=O)N[C@@H](Cc2ccc(O)cc2)C(=O)N2C[C@@H](O)C[C@@H]2C(=O)N[C@@H](Cc2c[nH]c3ccccc23)C(=O)N[C@@H](Cc2ccc(O)cc2)C(=O)N[C@@H](CC(C)C)C(=O)N[C@H](C(=O)NCC(N)=O)CSCC(=O)N[C@@H](Cc2ccccc2)C(=O)N(C)C(Cc2ccccc2)C(=O)N1C. The van der Waals surface area contributed by atoms with Crippen molar-refractivity contribution in [3.8, 4) is 11.5 Å². The molecule has 36 nitrogen and oxygen atoms in total. The maximum absolute atomic E-state index is 15.8. The van der Waals surface area contributed by atoms with Crippen molar-refractivity contribution in [1.29, 1.82) is 0 Å². The smallest absolute Gasteiger partial charge is 0.305 e. The molecule has 7 aromatic rings. The first-order valence-electron chi connectivity index (χ1n) is 43.9.